The van der Waals surface area contributed by atoms with Crippen LogP contribution in [0.5, 0.6) is 0 Å². The lowest BCUT2D eigenvalue weighted by Gasteiger charge is -2.08. The van der Waals surface area contributed by atoms with Crippen LogP contribution in [0.1, 0.15) is 22.8 Å². The monoisotopic (exact) mass is 453 g/mol. The van der Waals surface area contributed by atoms with Gasteiger partial charge in [-0.15, -0.1) is 22.7 Å². The first kappa shape index (κ1) is 21.0. The van der Waals surface area contributed by atoms with Gasteiger partial charge in [0.25, 0.3) is 5.56 Å². The first-order chi connectivity index (χ1) is 15.0. The van der Waals surface area contributed by atoms with Crippen molar-refractivity contribution >= 4 is 49.8 Å². The Bertz CT molecular complexity index is 1320. The van der Waals surface area contributed by atoms with E-state index in [1.165, 1.54) is 33.6 Å². The summed E-state index contributed by atoms with van der Waals surface area (Å²) in [7, 11) is 0. The number of carbonyl (C=O) groups excluding carboxylic acids is 2. The molecule has 0 bridgehead atoms. The second-order valence-electron chi connectivity index (χ2n) is 6.81. The molecule has 0 aliphatic rings. The van der Waals surface area contributed by atoms with E-state index in [-0.39, 0.29) is 18.7 Å². The van der Waals surface area contributed by atoms with Crippen molar-refractivity contribution in [1.82, 2.24) is 9.55 Å². The molecule has 0 radical (unpaired) electrons. The highest BCUT2D eigenvalue weighted by atomic mass is 32.1. The Hall–Kier alpha value is -3.30. The number of hydrogen-bond donors (Lipinski definition) is 1. The Morgan fingerprint density at radius 2 is 1.94 bits per heavy atom. The van der Waals surface area contributed by atoms with Crippen molar-refractivity contribution in [3.8, 4) is 11.1 Å². The molecule has 0 atom stereocenters. The van der Waals surface area contributed by atoms with Crippen LogP contribution in [-0.2, 0) is 16.1 Å². The molecule has 0 aliphatic carbocycles. The van der Waals surface area contributed by atoms with Crippen LogP contribution in [0.2, 0.25) is 0 Å². The number of hydrogen-bond acceptors (Lipinski definition) is 7. The molecule has 158 valence electrons. The van der Waals surface area contributed by atoms with Gasteiger partial charge in [-0.25, -0.2) is 9.78 Å². The predicted octanol–water partition coefficient (Wildman–Crippen LogP) is 4.31. The summed E-state index contributed by atoms with van der Waals surface area (Å²) >= 11 is 2.61. The van der Waals surface area contributed by atoms with Gasteiger partial charge in [0.1, 0.15) is 16.4 Å². The molecule has 0 spiro atoms. The van der Waals surface area contributed by atoms with E-state index in [9.17, 15) is 14.4 Å². The summed E-state index contributed by atoms with van der Waals surface area (Å²) in [4.78, 5) is 42.7. The minimum absolute atomic E-state index is 0.217. The van der Waals surface area contributed by atoms with Gasteiger partial charge in [0.2, 0.25) is 5.91 Å². The van der Waals surface area contributed by atoms with E-state index in [0.29, 0.717) is 20.8 Å². The molecule has 0 aliphatic heterocycles. The lowest BCUT2D eigenvalue weighted by Crippen LogP contribution is -2.28. The number of aryl methyl sites for hydroxylation is 1. The molecule has 0 unspecified atom stereocenters. The Kier molecular flexibility index (Phi) is 5.97. The Labute approximate surface area is 185 Å². The molecular formula is C22H19N3O4S2. The van der Waals surface area contributed by atoms with Gasteiger partial charge in [0, 0.05) is 10.9 Å². The molecule has 3 aromatic heterocycles. The first-order valence-corrected chi connectivity index (χ1v) is 11.3. The number of amides is 1. The van der Waals surface area contributed by atoms with Crippen LogP contribution in [0.25, 0.3) is 21.3 Å². The van der Waals surface area contributed by atoms with Crippen molar-refractivity contribution in [3.63, 3.8) is 0 Å². The number of esters is 1. The van der Waals surface area contributed by atoms with Crippen molar-refractivity contribution in [2.75, 3.05) is 11.9 Å². The number of thiophene rings is 2. The molecular weight excluding hydrogens is 434 g/mol. The van der Waals surface area contributed by atoms with Crippen molar-refractivity contribution < 1.29 is 14.3 Å². The second kappa shape index (κ2) is 8.83. The molecule has 1 amide bonds. The summed E-state index contributed by atoms with van der Waals surface area (Å²) < 4.78 is 6.28. The Morgan fingerprint density at radius 1 is 1.16 bits per heavy atom. The number of rotatable bonds is 6. The van der Waals surface area contributed by atoms with Crippen LogP contribution >= 0.6 is 22.7 Å². The molecule has 0 fully saturated rings. The number of ether oxygens (including phenoxy) is 1. The largest absolute Gasteiger partial charge is 0.462 e. The average molecular weight is 454 g/mol. The molecule has 3 heterocycles. The van der Waals surface area contributed by atoms with Gasteiger partial charge < -0.3 is 10.1 Å². The van der Waals surface area contributed by atoms with E-state index in [1.807, 2.05) is 36.6 Å². The zero-order valence-corrected chi connectivity index (χ0v) is 18.5. The summed E-state index contributed by atoms with van der Waals surface area (Å²) in [6.07, 6.45) is 1.38. The molecule has 1 N–H and O–H groups in total. The molecule has 4 rings (SSSR count). The smallest absolute Gasteiger partial charge is 0.341 e. The Balaban J connectivity index is 1.60. The number of carbonyl (C=O) groups is 2. The summed E-state index contributed by atoms with van der Waals surface area (Å²) in [5.74, 6) is -0.927. The normalized spacial score (nSPS) is 10.9. The van der Waals surface area contributed by atoms with Gasteiger partial charge >= 0.3 is 5.97 Å². The van der Waals surface area contributed by atoms with E-state index in [2.05, 4.69) is 10.3 Å². The van der Waals surface area contributed by atoms with E-state index in [4.69, 9.17) is 4.74 Å². The Morgan fingerprint density at radius 3 is 2.68 bits per heavy atom. The van der Waals surface area contributed by atoms with Crippen LogP contribution in [0.3, 0.4) is 0 Å². The van der Waals surface area contributed by atoms with Crippen LogP contribution in [0, 0.1) is 6.92 Å². The molecule has 4 aromatic rings. The minimum Gasteiger partial charge on any atom is -0.462 e. The molecule has 9 heteroatoms. The fourth-order valence-corrected chi connectivity index (χ4v) is 4.82. The van der Waals surface area contributed by atoms with Gasteiger partial charge in [-0.05, 0) is 30.9 Å². The average Bonchev–Trinajstić information content (AvgIpc) is 3.38. The second-order valence-corrected chi connectivity index (χ2v) is 8.58. The zero-order valence-electron chi connectivity index (χ0n) is 16.9. The lowest BCUT2D eigenvalue weighted by molar-refractivity contribution is -0.116. The maximum atomic E-state index is 13.1. The topological polar surface area (TPSA) is 90.3 Å². The lowest BCUT2D eigenvalue weighted by atomic mass is 10.1. The number of anilines is 1. The molecule has 0 saturated carbocycles. The zero-order chi connectivity index (χ0) is 22.0. The van der Waals surface area contributed by atoms with Crippen LogP contribution in [0.15, 0.2) is 52.2 Å². The van der Waals surface area contributed by atoms with Crippen LogP contribution in [0.4, 0.5) is 5.00 Å². The third-order valence-electron chi connectivity index (χ3n) is 4.65. The third kappa shape index (κ3) is 4.28. The quantitative estimate of drug-likeness (QED) is 0.439. The predicted molar refractivity (Wildman–Crippen MR) is 123 cm³/mol. The molecule has 31 heavy (non-hydrogen) atoms. The SMILES string of the molecule is CCOC(=O)c1ccsc1NC(=O)Cn1cnc2scc(-c3ccc(C)cc3)c2c1=O. The number of fused-ring (bicyclic) bond motifs is 1. The van der Waals surface area contributed by atoms with E-state index in [1.54, 1.807) is 18.4 Å². The van der Waals surface area contributed by atoms with Crippen molar-refractivity contribution in [2.24, 2.45) is 0 Å². The fourth-order valence-electron chi connectivity index (χ4n) is 3.12. The summed E-state index contributed by atoms with van der Waals surface area (Å²) in [6.45, 7) is 3.75. The van der Waals surface area contributed by atoms with Crippen LogP contribution < -0.4 is 10.9 Å². The van der Waals surface area contributed by atoms with Crippen molar-refractivity contribution in [3.05, 3.63) is 68.9 Å². The highest BCUT2D eigenvalue weighted by molar-refractivity contribution is 7.17. The molecule has 0 saturated heterocycles. The fraction of sp³-hybridized carbons (Fsp3) is 0.182. The van der Waals surface area contributed by atoms with E-state index >= 15 is 0 Å². The van der Waals surface area contributed by atoms with E-state index < -0.39 is 11.9 Å². The van der Waals surface area contributed by atoms with Crippen LogP contribution in [-0.4, -0.2) is 28.0 Å². The van der Waals surface area contributed by atoms with Gasteiger partial charge in [-0.1, -0.05) is 29.8 Å². The maximum Gasteiger partial charge on any atom is 0.341 e. The highest BCUT2D eigenvalue weighted by Gasteiger charge is 2.18. The minimum atomic E-state index is -0.500. The first-order valence-electron chi connectivity index (χ1n) is 9.56. The number of benzene rings is 1. The molecule has 7 nitrogen and oxygen atoms in total. The van der Waals surface area contributed by atoms with Crippen molar-refractivity contribution in [2.45, 2.75) is 20.4 Å². The van der Waals surface area contributed by atoms with Gasteiger partial charge in [0.15, 0.2) is 0 Å². The molecule has 1 aromatic carbocycles. The summed E-state index contributed by atoms with van der Waals surface area (Å²) in [5.41, 5.74) is 2.87. The van der Waals surface area contributed by atoms with Crippen molar-refractivity contribution in [1.29, 1.82) is 0 Å². The van der Waals surface area contributed by atoms with E-state index in [0.717, 1.165) is 16.7 Å². The van der Waals surface area contributed by atoms with Gasteiger partial charge in [0.05, 0.1) is 23.9 Å². The standard InChI is InChI=1S/C22H19N3O4S2/c1-3-29-22(28)15-8-9-30-19(15)24-17(26)10-25-12-23-20-18(21(25)27)16(11-31-20)14-6-4-13(2)5-7-14/h4-9,11-12H,3,10H2,1-2H3,(H,24,26). The number of nitrogens with zero attached hydrogens (tertiary/aromatic N) is 2. The van der Waals surface area contributed by atoms with Gasteiger partial charge in [-0.2, -0.15) is 0 Å². The maximum absolute atomic E-state index is 13.1. The third-order valence-corrected chi connectivity index (χ3v) is 6.37. The number of aromatic nitrogens is 2. The summed E-state index contributed by atoms with van der Waals surface area (Å²) in [5, 5.41) is 7.18. The van der Waals surface area contributed by atoms with Gasteiger partial charge in [-0.3, -0.25) is 14.2 Å². The highest BCUT2D eigenvalue weighted by Crippen LogP contribution is 2.30. The summed E-state index contributed by atoms with van der Waals surface area (Å²) in [6, 6.07) is 9.51. The number of nitrogens with one attached hydrogen (secondary N) is 1.